The number of hydrogen-bond acceptors (Lipinski definition) is 2. The van der Waals surface area contributed by atoms with Crippen LogP contribution in [0.5, 0.6) is 0 Å². The van der Waals surface area contributed by atoms with Crippen molar-refractivity contribution in [2.45, 2.75) is 46.1 Å². The molecule has 1 unspecified atom stereocenters. The zero-order valence-electron chi connectivity index (χ0n) is 13.0. The average molecular weight is 339 g/mol. The number of halogens is 1. The summed E-state index contributed by atoms with van der Waals surface area (Å²) in [6.45, 7) is 10.5. The molecule has 112 valence electrons. The van der Waals surface area contributed by atoms with Crippen LogP contribution in [0, 0.1) is 12.8 Å². The molecule has 0 spiro atoms. The van der Waals surface area contributed by atoms with Crippen LogP contribution in [0.1, 0.15) is 38.7 Å². The summed E-state index contributed by atoms with van der Waals surface area (Å²) in [5.74, 6) is 0.794. The van der Waals surface area contributed by atoms with Crippen molar-refractivity contribution in [3.63, 3.8) is 0 Å². The van der Waals surface area contributed by atoms with Gasteiger partial charge in [0.05, 0.1) is 0 Å². The lowest BCUT2D eigenvalue weighted by Gasteiger charge is -2.35. The highest BCUT2D eigenvalue weighted by atomic mass is 79.9. The molecule has 20 heavy (non-hydrogen) atoms. The van der Waals surface area contributed by atoms with E-state index in [4.69, 9.17) is 0 Å². The van der Waals surface area contributed by atoms with Gasteiger partial charge in [-0.25, -0.2) is 0 Å². The van der Waals surface area contributed by atoms with E-state index in [0.717, 1.165) is 10.4 Å². The monoisotopic (exact) mass is 338 g/mol. The Morgan fingerprint density at radius 2 is 2.00 bits per heavy atom. The highest BCUT2D eigenvalue weighted by Crippen LogP contribution is 2.25. The smallest absolute Gasteiger partial charge is 0.0356 e. The SMILES string of the molecule is CCCN1CCC(C(C)Nc2cc(C)cc(Br)c2)CC1. The third-order valence-corrected chi connectivity index (χ3v) is 4.77. The lowest BCUT2D eigenvalue weighted by atomic mass is 9.90. The van der Waals surface area contributed by atoms with E-state index in [-0.39, 0.29) is 0 Å². The molecule has 1 aliphatic rings. The van der Waals surface area contributed by atoms with Gasteiger partial charge in [-0.15, -0.1) is 0 Å². The Morgan fingerprint density at radius 3 is 2.60 bits per heavy atom. The lowest BCUT2D eigenvalue weighted by molar-refractivity contribution is 0.176. The van der Waals surface area contributed by atoms with E-state index >= 15 is 0 Å². The van der Waals surface area contributed by atoms with Gasteiger partial charge >= 0.3 is 0 Å². The fourth-order valence-electron chi connectivity index (χ4n) is 3.19. The molecule has 0 bridgehead atoms. The molecule has 1 aromatic rings. The zero-order chi connectivity index (χ0) is 14.5. The molecule has 1 heterocycles. The van der Waals surface area contributed by atoms with Gasteiger partial charge in [0.2, 0.25) is 0 Å². The molecule has 1 N–H and O–H groups in total. The van der Waals surface area contributed by atoms with Gasteiger partial charge in [-0.2, -0.15) is 0 Å². The van der Waals surface area contributed by atoms with E-state index in [2.05, 4.69) is 65.1 Å². The van der Waals surface area contributed by atoms with Crippen molar-refractivity contribution in [1.82, 2.24) is 4.90 Å². The Kier molecular flexibility index (Phi) is 5.91. The van der Waals surface area contributed by atoms with Crippen molar-refractivity contribution in [3.05, 3.63) is 28.2 Å². The first kappa shape index (κ1) is 15.8. The summed E-state index contributed by atoms with van der Waals surface area (Å²) in [5, 5.41) is 3.69. The molecular formula is C17H27BrN2. The number of nitrogens with one attached hydrogen (secondary N) is 1. The minimum atomic E-state index is 0.549. The summed E-state index contributed by atoms with van der Waals surface area (Å²) in [6.07, 6.45) is 3.91. The van der Waals surface area contributed by atoms with Crippen LogP contribution in [0.4, 0.5) is 5.69 Å². The molecule has 0 aromatic heterocycles. The average Bonchev–Trinajstić information content (AvgIpc) is 2.38. The van der Waals surface area contributed by atoms with E-state index in [9.17, 15) is 0 Å². The van der Waals surface area contributed by atoms with Crippen LogP contribution in [0.3, 0.4) is 0 Å². The molecule has 1 atom stereocenters. The van der Waals surface area contributed by atoms with Crippen LogP contribution in [0.2, 0.25) is 0 Å². The van der Waals surface area contributed by atoms with Gasteiger partial charge in [0.1, 0.15) is 0 Å². The third-order valence-electron chi connectivity index (χ3n) is 4.32. The second-order valence-corrected chi connectivity index (χ2v) is 7.05. The summed E-state index contributed by atoms with van der Waals surface area (Å²) in [6, 6.07) is 7.11. The highest BCUT2D eigenvalue weighted by Gasteiger charge is 2.23. The van der Waals surface area contributed by atoms with Crippen LogP contribution < -0.4 is 5.32 Å². The minimum absolute atomic E-state index is 0.549. The van der Waals surface area contributed by atoms with Crippen molar-refractivity contribution in [3.8, 4) is 0 Å². The van der Waals surface area contributed by atoms with Gasteiger partial charge in [0.15, 0.2) is 0 Å². The van der Waals surface area contributed by atoms with Crippen LogP contribution in [0.15, 0.2) is 22.7 Å². The van der Waals surface area contributed by atoms with Gasteiger partial charge in [-0.05, 0) is 82.4 Å². The second-order valence-electron chi connectivity index (χ2n) is 6.13. The Bertz CT molecular complexity index is 405. The van der Waals surface area contributed by atoms with E-state index in [1.165, 1.54) is 50.1 Å². The molecule has 0 saturated carbocycles. The molecule has 1 aliphatic heterocycles. The standard InChI is InChI=1S/C17H27BrN2/c1-4-7-20-8-5-15(6-9-20)14(3)19-17-11-13(2)10-16(18)12-17/h10-12,14-15,19H,4-9H2,1-3H3. The maximum Gasteiger partial charge on any atom is 0.0356 e. The quantitative estimate of drug-likeness (QED) is 0.838. The van der Waals surface area contributed by atoms with Crippen molar-refractivity contribution in [2.75, 3.05) is 25.0 Å². The minimum Gasteiger partial charge on any atom is -0.382 e. The summed E-state index contributed by atoms with van der Waals surface area (Å²) < 4.78 is 1.16. The summed E-state index contributed by atoms with van der Waals surface area (Å²) in [5.41, 5.74) is 2.53. The summed E-state index contributed by atoms with van der Waals surface area (Å²) in [4.78, 5) is 2.60. The van der Waals surface area contributed by atoms with Gasteiger partial charge in [-0.3, -0.25) is 0 Å². The number of anilines is 1. The third kappa shape index (κ3) is 4.49. The Balaban J connectivity index is 1.87. The molecule has 1 saturated heterocycles. The van der Waals surface area contributed by atoms with Crippen molar-refractivity contribution < 1.29 is 0 Å². The fraction of sp³-hybridized carbons (Fsp3) is 0.647. The molecule has 1 fully saturated rings. The molecule has 1 aromatic carbocycles. The van der Waals surface area contributed by atoms with Crippen molar-refractivity contribution >= 4 is 21.6 Å². The first-order valence-electron chi connectivity index (χ1n) is 7.84. The number of likely N-dealkylation sites (tertiary alicyclic amines) is 1. The Labute approximate surface area is 132 Å². The number of nitrogens with zero attached hydrogens (tertiary/aromatic N) is 1. The fourth-order valence-corrected chi connectivity index (χ4v) is 3.80. The van der Waals surface area contributed by atoms with Crippen LogP contribution >= 0.6 is 15.9 Å². The molecular weight excluding hydrogens is 312 g/mol. The molecule has 3 heteroatoms. The van der Waals surface area contributed by atoms with Gasteiger partial charge in [0, 0.05) is 16.2 Å². The molecule has 0 aliphatic carbocycles. The first-order valence-corrected chi connectivity index (χ1v) is 8.64. The molecule has 0 amide bonds. The Morgan fingerprint density at radius 1 is 1.30 bits per heavy atom. The summed E-state index contributed by atoms with van der Waals surface area (Å²) >= 11 is 3.58. The van der Waals surface area contributed by atoms with Gasteiger partial charge in [0.25, 0.3) is 0 Å². The second kappa shape index (κ2) is 7.46. The number of piperidine rings is 1. The number of benzene rings is 1. The van der Waals surface area contributed by atoms with Crippen molar-refractivity contribution in [1.29, 1.82) is 0 Å². The topological polar surface area (TPSA) is 15.3 Å². The Hall–Kier alpha value is -0.540. The molecule has 2 rings (SSSR count). The first-order chi connectivity index (χ1) is 9.58. The number of rotatable bonds is 5. The molecule has 0 radical (unpaired) electrons. The van der Waals surface area contributed by atoms with E-state index in [0.29, 0.717) is 6.04 Å². The maximum absolute atomic E-state index is 3.69. The van der Waals surface area contributed by atoms with Crippen LogP contribution in [-0.4, -0.2) is 30.6 Å². The predicted molar refractivity (Wildman–Crippen MR) is 91.4 cm³/mol. The number of hydrogen-bond donors (Lipinski definition) is 1. The van der Waals surface area contributed by atoms with Crippen LogP contribution in [-0.2, 0) is 0 Å². The largest absolute Gasteiger partial charge is 0.382 e. The summed E-state index contributed by atoms with van der Waals surface area (Å²) in [7, 11) is 0. The highest BCUT2D eigenvalue weighted by molar-refractivity contribution is 9.10. The van der Waals surface area contributed by atoms with E-state index in [1.54, 1.807) is 0 Å². The zero-order valence-corrected chi connectivity index (χ0v) is 14.5. The van der Waals surface area contributed by atoms with E-state index < -0.39 is 0 Å². The maximum atomic E-state index is 3.69. The van der Waals surface area contributed by atoms with E-state index in [1.807, 2.05) is 0 Å². The van der Waals surface area contributed by atoms with Gasteiger partial charge in [-0.1, -0.05) is 22.9 Å². The molecule has 2 nitrogen and oxygen atoms in total. The predicted octanol–water partition coefficient (Wildman–Crippen LogP) is 4.68. The lowest BCUT2D eigenvalue weighted by Crippen LogP contribution is -2.39. The van der Waals surface area contributed by atoms with Crippen LogP contribution in [0.25, 0.3) is 0 Å². The normalized spacial score (nSPS) is 19.0. The van der Waals surface area contributed by atoms with Gasteiger partial charge < -0.3 is 10.2 Å². The van der Waals surface area contributed by atoms with Crippen molar-refractivity contribution in [2.24, 2.45) is 5.92 Å². The number of aryl methyl sites for hydroxylation is 1.